The zero-order valence-corrected chi connectivity index (χ0v) is 25.2. The van der Waals surface area contributed by atoms with Crippen LogP contribution in [0.5, 0.6) is 0 Å². The molecule has 0 bridgehead atoms. The fraction of sp³-hybridized carbons (Fsp3) is 0.394. The molecule has 4 unspecified atom stereocenters. The van der Waals surface area contributed by atoms with Crippen LogP contribution in [-0.2, 0) is 23.5 Å². The highest BCUT2D eigenvalue weighted by Gasteiger charge is 2.51. The van der Waals surface area contributed by atoms with Gasteiger partial charge in [0.1, 0.15) is 11.7 Å². The highest BCUT2D eigenvalue weighted by molar-refractivity contribution is 6.99. The molecule has 5 atom stereocenters. The van der Waals surface area contributed by atoms with Crippen LogP contribution >= 0.6 is 0 Å². The lowest BCUT2D eigenvalue weighted by atomic mass is 9.81. The minimum atomic E-state index is -2.95. The molecule has 0 saturated carbocycles. The molecular weight excluding hydrogens is 536 g/mol. The summed E-state index contributed by atoms with van der Waals surface area (Å²) < 4.78 is 18.0. The van der Waals surface area contributed by atoms with Gasteiger partial charge in [0.05, 0.1) is 18.6 Å². The van der Waals surface area contributed by atoms with Crippen molar-refractivity contribution >= 4 is 30.6 Å². The molecule has 216 valence electrons. The van der Waals surface area contributed by atoms with E-state index < -0.39 is 50.1 Å². The Morgan fingerprint density at radius 3 is 2.20 bits per heavy atom. The molecular formula is C33H38O7Si. The molecule has 0 radical (unpaired) electrons. The lowest BCUT2D eigenvalue weighted by molar-refractivity contribution is -0.158. The summed E-state index contributed by atoms with van der Waals surface area (Å²) in [7, 11) is -2.95. The molecule has 1 fully saturated rings. The number of hydrogen-bond acceptors (Lipinski definition) is 7. The van der Waals surface area contributed by atoms with Gasteiger partial charge >= 0.3 is 11.9 Å². The van der Waals surface area contributed by atoms with Gasteiger partial charge in [0, 0.05) is 24.5 Å². The Kier molecular flexibility index (Phi) is 8.76. The summed E-state index contributed by atoms with van der Waals surface area (Å²) in [6.45, 7) is 13.1. The van der Waals surface area contributed by atoms with Crippen molar-refractivity contribution < 1.29 is 33.7 Å². The summed E-state index contributed by atoms with van der Waals surface area (Å²) >= 11 is 0. The first kappa shape index (κ1) is 30.5. The molecule has 0 aromatic heterocycles. The summed E-state index contributed by atoms with van der Waals surface area (Å²) in [5.41, 5.74) is -1.13. The number of ether oxygens (including phenoxy) is 2. The van der Waals surface area contributed by atoms with Gasteiger partial charge in [0.15, 0.2) is 6.10 Å². The molecule has 8 heteroatoms. The van der Waals surface area contributed by atoms with Crippen molar-refractivity contribution in [1.82, 2.24) is 0 Å². The van der Waals surface area contributed by atoms with Crippen molar-refractivity contribution in [1.29, 1.82) is 0 Å². The number of esters is 2. The van der Waals surface area contributed by atoms with E-state index in [9.17, 15) is 19.8 Å². The normalized spacial score (nSPS) is 27.9. The molecule has 0 spiro atoms. The predicted octanol–water partition coefficient (Wildman–Crippen LogP) is 3.04. The third-order valence-electron chi connectivity index (χ3n) is 7.74. The summed E-state index contributed by atoms with van der Waals surface area (Å²) in [5, 5.41) is 24.3. The third-order valence-corrected chi connectivity index (χ3v) is 12.7. The van der Waals surface area contributed by atoms with Crippen LogP contribution in [0.1, 0.15) is 41.0 Å². The molecule has 7 nitrogen and oxygen atoms in total. The summed E-state index contributed by atoms with van der Waals surface area (Å²) in [6, 6.07) is 20.3. The van der Waals surface area contributed by atoms with Crippen molar-refractivity contribution in [3.05, 3.63) is 84.5 Å². The second-order valence-electron chi connectivity index (χ2n) is 12.0. The number of aliphatic hydroxyl groups excluding tert-OH is 1. The van der Waals surface area contributed by atoms with E-state index in [1.165, 1.54) is 13.8 Å². The number of hydrogen-bond donors (Lipinski definition) is 2. The van der Waals surface area contributed by atoms with Gasteiger partial charge in [-0.15, -0.1) is 0 Å². The molecule has 1 aliphatic carbocycles. The van der Waals surface area contributed by atoms with Crippen molar-refractivity contribution in [2.75, 3.05) is 6.61 Å². The molecule has 1 aliphatic heterocycles. The van der Waals surface area contributed by atoms with Crippen molar-refractivity contribution in [3.63, 3.8) is 0 Å². The second kappa shape index (κ2) is 11.8. The van der Waals surface area contributed by atoms with E-state index in [-0.39, 0.29) is 23.6 Å². The molecule has 41 heavy (non-hydrogen) atoms. The van der Waals surface area contributed by atoms with E-state index in [0.29, 0.717) is 5.57 Å². The summed E-state index contributed by atoms with van der Waals surface area (Å²) in [5.74, 6) is 3.89. The Balaban J connectivity index is 1.84. The van der Waals surface area contributed by atoms with Gasteiger partial charge < -0.3 is 24.1 Å². The molecule has 0 amide bonds. The van der Waals surface area contributed by atoms with Gasteiger partial charge in [-0.1, -0.05) is 99.9 Å². The van der Waals surface area contributed by atoms with E-state index >= 15 is 0 Å². The second-order valence-corrected chi connectivity index (χ2v) is 16.3. The average Bonchev–Trinajstić information content (AvgIpc) is 3.18. The average molecular weight is 575 g/mol. The quantitative estimate of drug-likeness (QED) is 0.237. The van der Waals surface area contributed by atoms with E-state index in [2.05, 4.69) is 63.5 Å². The van der Waals surface area contributed by atoms with Crippen molar-refractivity contribution in [2.24, 2.45) is 5.92 Å². The zero-order chi connectivity index (χ0) is 30.0. The lowest BCUT2D eigenvalue weighted by Gasteiger charge is -2.43. The molecule has 1 heterocycles. The van der Waals surface area contributed by atoms with Crippen molar-refractivity contribution in [3.8, 4) is 11.8 Å². The first-order valence-electron chi connectivity index (χ1n) is 13.7. The Hall–Kier alpha value is -3.48. The van der Waals surface area contributed by atoms with E-state index in [0.717, 1.165) is 10.4 Å². The number of rotatable bonds is 6. The molecule has 2 N–H and O–H groups in total. The minimum Gasteiger partial charge on any atom is -0.454 e. The number of benzene rings is 2. The predicted molar refractivity (Wildman–Crippen MR) is 159 cm³/mol. The number of aliphatic hydroxyl groups is 2. The molecule has 2 aliphatic rings. The van der Waals surface area contributed by atoms with Crippen LogP contribution in [0.2, 0.25) is 5.04 Å². The minimum absolute atomic E-state index is 0.0541. The van der Waals surface area contributed by atoms with Crippen LogP contribution in [0, 0.1) is 17.8 Å². The fourth-order valence-corrected chi connectivity index (χ4v) is 10.3. The maximum atomic E-state index is 12.5. The molecule has 2 aromatic carbocycles. The Bertz CT molecular complexity index is 1340. The molecule has 2 aromatic rings. The smallest absolute Gasteiger partial charge is 0.334 e. The highest BCUT2D eigenvalue weighted by atomic mass is 28.4. The number of carbonyl (C=O) groups is 2. The summed E-state index contributed by atoms with van der Waals surface area (Å²) in [4.78, 5) is 24.4. The van der Waals surface area contributed by atoms with Crippen molar-refractivity contribution in [2.45, 2.75) is 70.0 Å². The van der Waals surface area contributed by atoms with Gasteiger partial charge in [-0.05, 0) is 28.4 Å². The molecule has 1 saturated heterocycles. The van der Waals surface area contributed by atoms with E-state index in [4.69, 9.17) is 13.9 Å². The maximum Gasteiger partial charge on any atom is 0.334 e. The van der Waals surface area contributed by atoms with Crippen LogP contribution in [0.25, 0.3) is 0 Å². The lowest BCUT2D eigenvalue weighted by Crippen LogP contribution is -2.66. The first-order valence-corrected chi connectivity index (χ1v) is 15.6. The Morgan fingerprint density at radius 1 is 1.12 bits per heavy atom. The van der Waals surface area contributed by atoms with E-state index in [1.54, 1.807) is 6.08 Å². The van der Waals surface area contributed by atoms with Gasteiger partial charge in [0.2, 0.25) is 0 Å². The van der Waals surface area contributed by atoms with Crippen LogP contribution in [0.15, 0.2) is 84.5 Å². The monoisotopic (exact) mass is 574 g/mol. The zero-order valence-electron chi connectivity index (χ0n) is 24.2. The van der Waals surface area contributed by atoms with Crippen LogP contribution in [0.3, 0.4) is 0 Å². The standard InChI is InChI=1S/C33H38O7Si/c1-22-30-27(35)20-33(6,37)29(39-23(2)34)18-17-24(19-28(30)40-31(22)36)21-38-41(32(3,4)5,25-13-9-7-10-14-25)26-15-11-8-12-16-26/h7-16,19,27-30,35,37H,1,20-21H2,2-6H3/b24-19+/t27?,28-,29?,30?,33?/m0/s1. The first-order chi connectivity index (χ1) is 19.3. The fourth-order valence-electron chi connectivity index (χ4n) is 5.76. The SMILES string of the molecule is C=C1C(=O)O[C@H]2/C=C(/CO[Si](c3ccccc3)(c3ccccc3)C(C)(C)C)C#CC(OC(C)=O)C(C)(O)CC(O)C12. The van der Waals surface area contributed by atoms with Gasteiger partial charge in [0.25, 0.3) is 8.32 Å². The highest BCUT2D eigenvalue weighted by Crippen LogP contribution is 2.38. The topological polar surface area (TPSA) is 102 Å². The summed E-state index contributed by atoms with van der Waals surface area (Å²) in [6.07, 6.45) is -1.81. The third kappa shape index (κ3) is 6.24. The van der Waals surface area contributed by atoms with Gasteiger partial charge in [-0.3, -0.25) is 4.79 Å². The van der Waals surface area contributed by atoms with E-state index in [1.807, 2.05) is 36.4 Å². The maximum absolute atomic E-state index is 12.5. The van der Waals surface area contributed by atoms with Gasteiger partial charge in [-0.2, -0.15) is 0 Å². The molecule has 4 rings (SSSR count). The number of fused-ring (bicyclic) bond motifs is 1. The Morgan fingerprint density at radius 2 is 1.68 bits per heavy atom. The van der Waals surface area contributed by atoms with Crippen LogP contribution in [0.4, 0.5) is 0 Å². The number of carbonyl (C=O) groups excluding carboxylic acids is 2. The van der Waals surface area contributed by atoms with Crippen LogP contribution in [-0.4, -0.2) is 61.0 Å². The Labute approximate surface area is 243 Å². The largest absolute Gasteiger partial charge is 0.454 e. The van der Waals surface area contributed by atoms with Crippen LogP contribution < -0.4 is 10.4 Å². The van der Waals surface area contributed by atoms with Gasteiger partial charge in [-0.25, -0.2) is 4.79 Å².